The molecule has 6 nitrogen and oxygen atoms in total. The van der Waals surface area contributed by atoms with Crippen LogP contribution >= 0.6 is 0 Å². The molecule has 0 bridgehead atoms. The van der Waals surface area contributed by atoms with Gasteiger partial charge in [-0.15, -0.1) is 0 Å². The van der Waals surface area contributed by atoms with E-state index in [1.807, 2.05) is 11.0 Å². The topological polar surface area (TPSA) is 103 Å². The zero-order chi connectivity index (χ0) is 12.5. The zero-order valence-corrected chi connectivity index (χ0v) is 9.13. The molecule has 1 aromatic rings. The van der Waals surface area contributed by atoms with E-state index in [1.165, 1.54) is 6.20 Å². The van der Waals surface area contributed by atoms with Crippen LogP contribution in [0.3, 0.4) is 0 Å². The number of hydrogen-bond donors (Lipinski definition) is 2. The highest BCUT2D eigenvalue weighted by Crippen LogP contribution is 2.25. The van der Waals surface area contributed by atoms with E-state index in [4.69, 9.17) is 16.1 Å². The van der Waals surface area contributed by atoms with Gasteiger partial charge in [0.05, 0.1) is 0 Å². The van der Waals surface area contributed by atoms with Gasteiger partial charge in [0.25, 0.3) is 0 Å². The van der Waals surface area contributed by atoms with Crippen molar-refractivity contribution < 1.29 is 9.90 Å². The third-order valence-corrected chi connectivity index (χ3v) is 2.95. The average molecular weight is 232 g/mol. The first-order valence-corrected chi connectivity index (χ1v) is 5.18. The van der Waals surface area contributed by atoms with Gasteiger partial charge < -0.3 is 15.7 Å². The maximum Gasteiger partial charge on any atom is 0.325 e. The fraction of sp³-hybridized carbons (Fsp3) is 0.364. The maximum absolute atomic E-state index is 11.0. The first-order chi connectivity index (χ1) is 8.05. The number of hydrogen-bond acceptors (Lipinski definition) is 5. The van der Waals surface area contributed by atoms with Gasteiger partial charge in [-0.3, -0.25) is 4.79 Å². The molecular weight excluding hydrogens is 220 g/mol. The molecule has 2 heterocycles. The van der Waals surface area contributed by atoms with E-state index in [0.29, 0.717) is 18.7 Å². The van der Waals surface area contributed by atoms with Gasteiger partial charge >= 0.3 is 5.97 Å². The Kier molecular flexibility index (Phi) is 2.69. The first-order valence-electron chi connectivity index (χ1n) is 5.18. The van der Waals surface area contributed by atoms with Crippen molar-refractivity contribution in [2.45, 2.75) is 12.0 Å². The Morgan fingerprint density at radius 2 is 2.47 bits per heavy atom. The highest BCUT2D eigenvalue weighted by atomic mass is 16.4. The van der Waals surface area contributed by atoms with Crippen LogP contribution in [0.15, 0.2) is 18.3 Å². The van der Waals surface area contributed by atoms with Crippen molar-refractivity contribution in [3.63, 3.8) is 0 Å². The molecule has 1 saturated heterocycles. The van der Waals surface area contributed by atoms with Gasteiger partial charge in [0.2, 0.25) is 0 Å². The number of carboxylic acids is 1. The van der Waals surface area contributed by atoms with Crippen molar-refractivity contribution in [3.8, 4) is 6.07 Å². The van der Waals surface area contributed by atoms with Crippen LogP contribution in [0.1, 0.15) is 12.1 Å². The zero-order valence-electron chi connectivity index (χ0n) is 9.13. The average Bonchev–Trinajstić information content (AvgIpc) is 2.74. The summed E-state index contributed by atoms with van der Waals surface area (Å²) in [6.07, 6.45) is 1.93. The summed E-state index contributed by atoms with van der Waals surface area (Å²) in [5.41, 5.74) is 5.67. The number of rotatable bonds is 2. The van der Waals surface area contributed by atoms with E-state index in [9.17, 15) is 4.79 Å². The van der Waals surface area contributed by atoms with E-state index < -0.39 is 11.5 Å². The minimum absolute atomic E-state index is 0.247. The van der Waals surface area contributed by atoms with Crippen LogP contribution in [0.4, 0.5) is 5.69 Å². The second kappa shape index (κ2) is 4.03. The lowest BCUT2D eigenvalue weighted by Crippen LogP contribution is -2.50. The number of pyridine rings is 1. The summed E-state index contributed by atoms with van der Waals surface area (Å²) < 4.78 is 0. The van der Waals surface area contributed by atoms with E-state index in [0.717, 1.165) is 5.69 Å². The fourth-order valence-electron chi connectivity index (χ4n) is 1.91. The number of nitrogens with two attached hydrogens (primary N) is 1. The molecular formula is C11H12N4O2. The van der Waals surface area contributed by atoms with Crippen LogP contribution < -0.4 is 10.6 Å². The van der Waals surface area contributed by atoms with Gasteiger partial charge in [0.1, 0.15) is 17.3 Å². The number of aliphatic carboxylic acids is 1. The van der Waals surface area contributed by atoms with Crippen LogP contribution in [0.5, 0.6) is 0 Å². The molecule has 88 valence electrons. The molecule has 0 radical (unpaired) electrons. The third kappa shape index (κ3) is 2.05. The number of carboxylic acid groups (broad SMARTS) is 1. The largest absolute Gasteiger partial charge is 0.480 e. The predicted molar refractivity (Wildman–Crippen MR) is 60.3 cm³/mol. The molecule has 1 aliphatic heterocycles. The highest BCUT2D eigenvalue weighted by Gasteiger charge is 2.41. The predicted octanol–water partition coefficient (Wildman–Crippen LogP) is -0.0545. The lowest BCUT2D eigenvalue weighted by atomic mass is 10.0. The van der Waals surface area contributed by atoms with Crippen molar-refractivity contribution in [1.29, 1.82) is 5.26 Å². The quantitative estimate of drug-likeness (QED) is 0.740. The summed E-state index contributed by atoms with van der Waals surface area (Å²) >= 11 is 0. The van der Waals surface area contributed by atoms with E-state index in [2.05, 4.69) is 4.98 Å². The molecule has 1 aromatic heterocycles. The molecule has 0 aromatic carbocycles. The standard InChI is InChI=1S/C11H12N4O2/c12-6-8-5-9(1-3-14-8)15-4-2-11(13,7-15)10(16)17/h1,3,5H,2,4,7,13H2,(H,16,17). The summed E-state index contributed by atoms with van der Waals surface area (Å²) in [4.78, 5) is 16.7. The van der Waals surface area contributed by atoms with E-state index >= 15 is 0 Å². The molecule has 6 heteroatoms. The molecule has 1 aliphatic rings. The molecule has 1 fully saturated rings. The van der Waals surface area contributed by atoms with Gasteiger partial charge in [-0.25, -0.2) is 4.98 Å². The first kappa shape index (κ1) is 11.4. The van der Waals surface area contributed by atoms with Crippen molar-refractivity contribution in [1.82, 2.24) is 4.98 Å². The van der Waals surface area contributed by atoms with Crippen molar-refractivity contribution in [2.24, 2.45) is 5.73 Å². The van der Waals surface area contributed by atoms with Gasteiger partial charge in [0, 0.05) is 25.0 Å². The summed E-state index contributed by atoms with van der Waals surface area (Å²) in [6.45, 7) is 0.814. The molecule has 0 spiro atoms. The minimum atomic E-state index is -1.20. The van der Waals surface area contributed by atoms with Crippen LogP contribution in [0.2, 0.25) is 0 Å². The van der Waals surface area contributed by atoms with Gasteiger partial charge in [-0.2, -0.15) is 5.26 Å². The normalized spacial score (nSPS) is 23.4. The Labute approximate surface area is 98.3 Å². The molecule has 1 unspecified atom stereocenters. The second-order valence-corrected chi connectivity index (χ2v) is 4.14. The Morgan fingerprint density at radius 3 is 3.06 bits per heavy atom. The molecule has 0 aliphatic carbocycles. The highest BCUT2D eigenvalue weighted by molar-refractivity contribution is 5.80. The lowest BCUT2D eigenvalue weighted by Gasteiger charge is -2.21. The minimum Gasteiger partial charge on any atom is -0.480 e. The van der Waals surface area contributed by atoms with Crippen LogP contribution in [0.25, 0.3) is 0 Å². The second-order valence-electron chi connectivity index (χ2n) is 4.14. The van der Waals surface area contributed by atoms with Crippen LogP contribution in [0, 0.1) is 11.3 Å². The van der Waals surface area contributed by atoms with Crippen LogP contribution in [-0.4, -0.2) is 34.7 Å². The number of nitriles is 1. The molecule has 3 N–H and O–H groups in total. The summed E-state index contributed by atoms with van der Waals surface area (Å²) in [5.74, 6) is -0.991. The Morgan fingerprint density at radius 1 is 1.71 bits per heavy atom. The molecule has 1 atom stereocenters. The van der Waals surface area contributed by atoms with Gasteiger partial charge in [-0.1, -0.05) is 0 Å². The summed E-state index contributed by atoms with van der Waals surface area (Å²) in [6, 6.07) is 5.33. The molecule has 2 rings (SSSR count). The van der Waals surface area contributed by atoms with Crippen molar-refractivity contribution in [2.75, 3.05) is 18.0 Å². The van der Waals surface area contributed by atoms with Crippen LogP contribution in [-0.2, 0) is 4.79 Å². The SMILES string of the molecule is N#Cc1cc(N2CCC(N)(C(=O)O)C2)ccn1. The Balaban J connectivity index is 2.21. The van der Waals surface area contributed by atoms with Crippen molar-refractivity contribution >= 4 is 11.7 Å². The molecule has 17 heavy (non-hydrogen) atoms. The van der Waals surface area contributed by atoms with Gasteiger partial charge in [-0.05, 0) is 18.6 Å². The number of nitrogens with zero attached hydrogens (tertiary/aromatic N) is 3. The number of carbonyl (C=O) groups is 1. The molecule has 0 amide bonds. The summed E-state index contributed by atoms with van der Waals surface area (Å²) in [5, 5.41) is 17.8. The summed E-state index contributed by atoms with van der Waals surface area (Å²) in [7, 11) is 0. The fourth-order valence-corrected chi connectivity index (χ4v) is 1.91. The van der Waals surface area contributed by atoms with Crippen molar-refractivity contribution in [3.05, 3.63) is 24.0 Å². The van der Waals surface area contributed by atoms with E-state index in [1.54, 1.807) is 12.1 Å². The third-order valence-electron chi connectivity index (χ3n) is 2.95. The lowest BCUT2D eigenvalue weighted by molar-refractivity contribution is -0.142. The number of aromatic nitrogens is 1. The van der Waals surface area contributed by atoms with Gasteiger partial charge in [0.15, 0.2) is 0 Å². The Bertz CT molecular complexity index is 496. The monoisotopic (exact) mass is 232 g/mol. The maximum atomic E-state index is 11.0. The number of anilines is 1. The molecule has 0 saturated carbocycles. The Hall–Kier alpha value is -2.13. The smallest absolute Gasteiger partial charge is 0.325 e. The van der Waals surface area contributed by atoms with E-state index in [-0.39, 0.29) is 6.54 Å².